The van der Waals surface area contributed by atoms with Crippen molar-refractivity contribution in [3.05, 3.63) is 12.7 Å². The monoisotopic (exact) mass is 169 g/mol. The van der Waals surface area contributed by atoms with Gasteiger partial charge in [-0.15, -0.1) is 6.58 Å². The van der Waals surface area contributed by atoms with Crippen LogP contribution in [0.4, 0.5) is 0 Å². The maximum absolute atomic E-state index is 10.2. The molecule has 0 aliphatic carbocycles. The van der Waals surface area contributed by atoms with Crippen molar-refractivity contribution in [2.24, 2.45) is 0 Å². The zero-order valence-corrected chi connectivity index (χ0v) is 7.96. The Kier molecular flexibility index (Phi) is 7.76. The molecule has 0 aromatic rings. The molecule has 12 heavy (non-hydrogen) atoms. The molecule has 0 unspecified atom stereocenters. The molecular formula is C10H19NO. The van der Waals surface area contributed by atoms with E-state index in [2.05, 4.69) is 6.58 Å². The Labute approximate surface area is 75.3 Å². The summed E-state index contributed by atoms with van der Waals surface area (Å²) in [6, 6.07) is 0. The Morgan fingerprint density at radius 1 is 1.25 bits per heavy atom. The van der Waals surface area contributed by atoms with Crippen LogP contribution in [0.2, 0.25) is 0 Å². The molecular weight excluding hydrogens is 150 g/mol. The zero-order chi connectivity index (χ0) is 9.23. The normalized spacial score (nSPS) is 9.42. The standard InChI is InChI=1S/C10H19NO/c1-3-4-5-6-7-8-9-11(2)10-12/h3,10H,1,4-9H2,2H3. The zero-order valence-electron chi connectivity index (χ0n) is 7.96. The maximum Gasteiger partial charge on any atom is 0.209 e. The summed E-state index contributed by atoms with van der Waals surface area (Å²) in [6.45, 7) is 4.55. The van der Waals surface area contributed by atoms with Crippen LogP contribution in [0.5, 0.6) is 0 Å². The molecule has 2 nitrogen and oxygen atoms in total. The molecule has 0 radical (unpaired) electrons. The Bertz CT molecular complexity index is 123. The van der Waals surface area contributed by atoms with Crippen molar-refractivity contribution in [2.75, 3.05) is 13.6 Å². The van der Waals surface area contributed by atoms with E-state index in [1.165, 1.54) is 19.3 Å². The predicted molar refractivity (Wildman–Crippen MR) is 52.0 cm³/mol. The van der Waals surface area contributed by atoms with E-state index in [4.69, 9.17) is 0 Å². The van der Waals surface area contributed by atoms with Gasteiger partial charge in [-0.1, -0.05) is 18.9 Å². The molecule has 0 atom stereocenters. The molecule has 2 heteroatoms. The highest BCUT2D eigenvalue weighted by Gasteiger charge is 1.92. The number of carbonyl (C=O) groups excluding carboxylic acids is 1. The van der Waals surface area contributed by atoms with Crippen molar-refractivity contribution in [1.82, 2.24) is 4.90 Å². The summed E-state index contributed by atoms with van der Waals surface area (Å²) in [5.41, 5.74) is 0. The summed E-state index contributed by atoms with van der Waals surface area (Å²) in [5, 5.41) is 0. The van der Waals surface area contributed by atoms with Gasteiger partial charge < -0.3 is 4.90 Å². The number of hydrogen-bond donors (Lipinski definition) is 0. The number of nitrogens with zero attached hydrogens (tertiary/aromatic N) is 1. The molecule has 0 fully saturated rings. The number of rotatable bonds is 8. The minimum absolute atomic E-state index is 0.879. The summed E-state index contributed by atoms with van der Waals surface area (Å²) in [7, 11) is 1.82. The van der Waals surface area contributed by atoms with Gasteiger partial charge in [0.05, 0.1) is 0 Å². The molecule has 0 spiro atoms. The van der Waals surface area contributed by atoms with Crippen molar-refractivity contribution in [1.29, 1.82) is 0 Å². The lowest BCUT2D eigenvalue weighted by Gasteiger charge is -2.08. The molecule has 0 rings (SSSR count). The van der Waals surface area contributed by atoms with E-state index in [0.29, 0.717) is 0 Å². The van der Waals surface area contributed by atoms with E-state index < -0.39 is 0 Å². The second-order valence-corrected chi connectivity index (χ2v) is 3.08. The van der Waals surface area contributed by atoms with E-state index in [1.807, 2.05) is 13.1 Å². The van der Waals surface area contributed by atoms with E-state index in [9.17, 15) is 4.79 Å². The fraction of sp³-hybridized carbons (Fsp3) is 0.700. The first-order valence-electron chi connectivity index (χ1n) is 4.57. The first kappa shape index (κ1) is 11.2. The van der Waals surface area contributed by atoms with Gasteiger partial charge in [0, 0.05) is 13.6 Å². The van der Waals surface area contributed by atoms with Crippen molar-refractivity contribution in [2.45, 2.75) is 32.1 Å². The first-order valence-corrected chi connectivity index (χ1v) is 4.57. The van der Waals surface area contributed by atoms with Crippen LogP contribution >= 0.6 is 0 Å². The summed E-state index contributed by atoms with van der Waals surface area (Å²) in [6.07, 6.45) is 8.76. The molecule has 70 valence electrons. The Morgan fingerprint density at radius 3 is 2.50 bits per heavy atom. The minimum atomic E-state index is 0.879. The summed E-state index contributed by atoms with van der Waals surface area (Å²) < 4.78 is 0. The molecule has 0 aromatic carbocycles. The van der Waals surface area contributed by atoms with Crippen molar-refractivity contribution >= 4 is 6.41 Å². The second kappa shape index (κ2) is 8.31. The van der Waals surface area contributed by atoms with E-state index in [-0.39, 0.29) is 0 Å². The van der Waals surface area contributed by atoms with Crippen molar-refractivity contribution < 1.29 is 4.79 Å². The topological polar surface area (TPSA) is 20.3 Å². The van der Waals surface area contributed by atoms with Gasteiger partial charge in [-0.2, -0.15) is 0 Å². The molecule has 0 aromatic heterocycles. The van der Waals surface area contributed by atoms with Gasteiger partial charge in [0.2, 0.25) is 6.41 Å². The molecule has 0 saturated heterocycles. The lowest BCUT2D eigenvalue weighted by Crippen LogP contribution is -2.16. The SMILES string of the molecule is C=CCCCCCCN(C)C=O. The third-order valence-electron chi connectivity index (χ3n) is 1.85. The number of amides is 1. The molecule has 0 heterocycles. The minimum Gasteiger partial charge on any atom is -0.348 e. The molecule has 0 saturated carbocycles. The van der Waals surface area contributed by atoms with E-state index in [0.717, 1.165) is 25.8 Å². The average molecular weight is 169 g/mol. The van der Waals surface area contributed by atoms with Gasteiger partial charge in [-0.05, 0) is 19.3 Å². The molecule has 0 aliphatic heterocycles. The van der Waals surface area contributed by atoms with Crippen LogP contribution in [0.25, 0.3) is 0 Å². The third kappa shape index (κ3) is 7.32. The van der Waals surface area contributed by atoms with Crippen molar-refractivity contribution in [3.8, 4) is 0 Å². The van der Waals surface area contributed by atoms with Gasteiger partial charge in [0.1, 0.15) is 0 Å². The Morgan fingerprint density at radius 2 is 1.92 bits per heavy atom. The molecule has 0 N–H and O–H groups in total. The van der Waals surface area contributed by atoms with Crippen LogP contribution in [0, 0.1) is 0 Å². The second-order valence-electron chi connectivity index (χ2n) is 3.08. The Hall–Kier alpha value is -0.790. The lowest BCUT2D eigenvalue weighted by atomic mass is 10.1. The highest BCUT2D eigenvalue weighted by molar-refractivity contribution is 5.46. The van der Waals surface area contributed by atoms with E-state index >= 15 is 0 Å². The largest absolute Gasteiger partial charge is 0.348 e. The fourth-order valence-corrected chi connectivity index (χ4v) is 1.06. The highest BCUT2D eigenvalue weighted by atomic mass is 16.1. The number of unbranched alkanes of at least 4 members (excludes halogenated alkanes) is 4. The van der Waals surface area contributed by atoms with Crippen LogP contribution in [0.1, 0.15) is 32.1 Å². The summed E-state index contributed by atoms with van der Waals surface area (Å²) in [5.74, 6) is 0. The number of hydrogen-bond acceptors (Lipinski definition) is 1. The van der Waals surface area contributed by atoms with Crippen LogP contribution in [-0.2, 0) is 4.79 Å². The van der Waals surface area contributed by atoms with Gasteiger partial charge in [-0.3, -0.25) is 4.79 Å². The number of allylic oxidation sites excluding steroid dienone is 1. The highest BCUT2D eigenvalue weighted by Crippen LogP contribution is 2.03. The molecule has 1 amide bonds. The summed E-state index contributed by atoms with van der Waals surface area (Å²) in [4.78, 5) is 11.9. The summed E-state index contributed by atoms with van der Waals surface area (Å²) >= 11 is 0. The molecule has 0 aliphatic rings. The first-order chi connectivity index (χ1) is 5.81. The van der Waals surface area contributed by atoms with E-state index in [1.54, 1.807) is 4.90 Å². The molecule has 0 bridgehead atoms. The van der Waals surface area contributed by atoms with Gasteiger partial charge in [-0.25, -0.2) is 0 Å². The Balaban J connectivity index is 2.99. The maximum atomic E-state index is 10.2. The fourth-order valence-electron chi connectivity index (χ4n) is 1.06. The van der Waals surface area contributed by atoms with Crippen LogP contribution in [0.3, 0.4) is 0 Å². The van der Waals surface area contributed by atoms with Crippen LogP contribution in [0.15, 0.2) is 12.7 Å². The lowest BCUT2D eigenvalue weighted by molar-refractivity contribution is -0.117. The van der Waals surface area contributed by atoms with Gasteiger partial charge in [0.15, 0.2) is 0 Å². The third-order valence-corrected chi connectivity index (χ3v) is 1.85. The van der Waals surface area contributed by atoms with Gasteiger partial charge >= 0.3 is 0 Å². The average Bonchev–Trinajstić information content (AvgIpc) is 2.10. The van der Waals surface area contributed by atoms with Gasteiger partial charge in [0.25, 0.3) is 0 Å². The van der Waals surface area contributed by atoms with Crippen molar-refractivity contribution in [3.63, 3.8) is 0 Å². The quantitative estimate of drug-likeness (QED) is 0.310. The number of carbonyl (C=O) groups is 1. The van der Waals surface area contributed by atoms with Crippen LogP contribution in [-0.4, -0.2) is 24.9 Å². The smallest absolute Gasteiger partial charge is 0.209 e. The van der Waals surface area contributed by atoms with Crippen LogP contribution < -0.4 is 0 Å². The predicted octanol–water partition coefficient (Wildman–Crippen LogP) is 2.21.